The zero-order valence-electron chi connectivity index (χ0n) is 17.7. The molecule has 0 bridgehead atoms. The summed E-state index contributed by atoms with van der Waals surface area (Å²) in [4.78, 5) is 15.1. The van der Waals surface area contributed by atoms with E-state index < -0.39 is 16.6 Å². The number of non-ortho nitro benzene ring substituents is 1. The fraction of sp³-hybridized carbons (Fsp3) is 0.250. The predicted molar refractivity (Wildman–Crippen MR) is 118 cm³/mol. The minimum Gasteiger partial charge on any atom is -0.323 e. The Kier molecular flexibility index (Phi) is 4.96. The summed E-state index contributed by atoms with van der Waals surface area (Å²) in [6, 6.07) is 18.5. The van der Waals surface area contributed by atoms with Crippen molar-refractivity contribution in [2.24, 2.45) is 0 Å². The van der Waals surface area contributed by atoms with E-state index in [4.69, 9.17) is 9.47 Å². The van der Waals surface area contributed by atoms with Crippen LogP contribution < -0.4 is 0 Å². The second-order valence-corrected chi connectivity index (χ2v) is 8.18. The highest BCUT2D eigenvalue weighted by Crippen LogP contribution is 2.40. The van der Waals surface area contributed by atoms with Crippen LogP contribution in [0.5, 0.6) is 0 Å². The molecule has 1 aliphatic heterocycles. The summed E-state index contributed by atoms with van der Waals surface area (Å²) in [5.74, 6) is 0. The SMILES string of the molecule is CC1OC(C(C)(Cc2ccccc2)c2ccnc3c(-c4ccc([N+](=O)[O-])cc4)cnn23)O1. The first-order chi connectivity index (χ1) is 15.5. The number of benzene rings is 2. The maximum atomic E-state index is 11.0. The number of hydrogen-bond acceptors (Lipinski definition) is 6. The molecule has 32 heavy (non-hydrogen) atoms. The van der Waals surface area contributed by atoms with E-state index >= 15 is 0 Å². The van der Waals surface area contributed by atoms with Gasteiger partial charge in [-0.3, -0.25) is 10.1 Å². The van der Waals surface area contributed by atoms with Crippen molar-refractivity contribution in [2.45, 2.75) is 38.3 Å². The number of rotatable bonds is 6. The van der Waals surface area contributed by atoms with Crippen molar-refractivity contribution in [1.29, 1.82) is 0 Å². The van der Waals surface area contributed by atoms with Crippen LogP contribution in [-0.4, -0.2) is 32.1 Å². The van der Waals surface area contributed by atoms with Crippen LogP contribution in [0.25, 0.3) is 16.8 Å². The molecule has 8 heteroatoms. The van der Waals surface area contributed by atoms with Gasteiger partial charge in [-0.05, 0) is 49.6 Å². The van der Waals surface area contributed by atoms with Crippen LogP contribution in [0.15, 0.2) is 73.1 Å². The van der Waals surface area contributed by atoms with Crippen LogP contribution in [-0.2, 0) is 21.3 Å². The average Bonchev–Trinajstić information content (AvgIpc) is 3.22. The van der Waals surface area contributed by atoms with Crippen LogP contribution in [0.4, 0.5) is 5.69 Å². The van der Waals surface area contributed by atoms with Crippen LogP contribution in [0.1, 0.15) is 25.1 Å². The maximum Gasteiger partial charge on any atom is 0.269 e. The summed E-state index contributed by atoms with van der Waals surface area (Å²) in [7, 11) is 0. The first-order valence-corrected chi connectivity index (χ1v) is 10.4. The van der Waals surface area contributed by atoms with E-state index in [9.17, 15) is 10.1 Å². The van der Waals surface area contributed by atoms with E-state index in [1.165, 1.54) is 12.1 Å². The third kappa shape index (κ3) is 3.43. The molecular formula is C24H22N4O4. The summed E-state index contributed by atoms with van der Waals surface area (Å²) in [5.41, 5.74) is 3.88. The molecule has 0 amide bonds. The fourth-order valence-electron chi connectivity index (χ4n) is 4.26. The molecule has 1 aliphatic rings. The van der Waals surface area contributed by atoms with Crippen molar-refractivity contribution >= 4 is 11.3 Å². The summed E-state index contributed by atoms with van der Waals surface area (Å²) in [5, 5.41) is 15.6. The Hall–Kier alpha value is -3.62. The van der Waals surface area contributed by atoms with E-state index in [-0.39, 0.29) is 12.0 Å². The molecule has 0 spiro atoms. The molecule has 2 aromatic heterocycles. The Bertz CT molecular complexity index is 1270. The van der Waals surface area contributed by atoms with Crippen LogP contribution in [0.2, 0.25) is 0 Å². The number of fused-ring (bicyclic) bond motifs is 1. The third-order valence-electron chi connectivity index (χ3n) is 5.94. The van der Waals surface area contributed by atoms with Gasteiger partial charge in [0.1, 0.15) is 0 Å². The number of hydrogen-bond donors (Lipinski definition) is 0. The molecule has 5 rings (SSSR count). The van der Waals surface area contributed by atoms with Crippen molar-refractivity contribution in [2.75, 3.05) is 0 Å². The lowest BCUT2D eigenvalue weighted by molar-refractivity contribution is -0.396. The molecule has 1 unspecified atom stereocenters. The van der Waals surface area contributed by atoms with Gasteiger partial charge in [0.25, 0.3) is 5.69 Å². The van der Waals surface area contributed by atoms with Gasteiger partial charge in [-0.2, -0.15) is 5.10 Å². The molecule has 1 atom stereocenters. The number of ether oxygens (including phenoxy) is 2. The van der Waals surface area contributed by atoms with Crippen molar-refractivity contribution in [3.63, 3.8) is 0 Å². The second-order valence-electron chi connectivity index (χ2n) is 8.18. The van der Waals surface area contributed by atoms with Gasteiger partial charge in [-0.25, -0.2) is 9.50 Å². The summed E-state index contributed by atoms with van der Waals surface area (Å²) in [6.45, 7) is 3.99. The molecular weight excluding hydrogens is 408 g/mol. The molecule has 0 saturated carbocycles. The Labute approximate surface area is 184 Å². The Morgan fingerprint density at radius 2 is 1.81 bits per heavy atom. The highest BCUT2D eigenvalue weighted by atomic mass is 16.9. The number of nitrogens with zero attached hydrogens (tertiary/aromatic N) is 4. The molecule has 1 fully saturated rings. The lowest BCUT2D eigenvalue weighted by Gasteiger charge is -2.45. The molecule has 0 radical (unpaired) electrons. The van der Waals surface area contributed by atoms with Gasteiger partial charge in [0, 0.05) is 23.9 Å². The summed E-state index contributed by atoms with van der Waals surface area (Å²) >= 11 is 0. The van der Waals surface area contributed by atoms with Gasteiger partial charge in [-0.15, -0.1) is 0 Å². The molecule has 4 aromatic rings. The minimum atomic E-state index is -0.520. The van der Waals surface area contributed by atoms with Crippen molar-refractivity contribution in [3.8, 4) is 11.1 Å². The zero-order valence-corrected chi connectivity index (χ0v) is 17.7. The predicted octanol–water partition coefficient (Wildman–Crippen LogP) is 4.52. The van der Waals surface area contributed by atoms with E-state index in [1.54, 1.807) is 24.5 Å². The Morgan fingerprint density at radius 3 is 2.47 bits per heavy atom. The van der Waals surface area contributed by atoms with Crippen molar-refractivity contribution in [3.05, 3.63) is 94.4 Å². The van der Waals surface area contributed by atoms with Crippen LogP contribution in [0.3, 0.4) is 0 Å². The monoisotopic (exact) mass is 430 g/mol. The standard InChI is InChI=1S/C24H22N4O4/c1-16-31-23(32-16)24(2,14-17-6-4-3-5-7-17)21-12-13-25-22-20(15-26-27(21)22)18-8-10-19(11-9-18)28(29)30/h3-13,15-16,23H,14H2,1-2H3. The highest BCUT2D eigenvalue weighted by Gasteiger charge is 2.47. The normalized spacial score (nSPS) is 19.9. The molecule has 2 aromatic carbocycles. The molecule has 0 N–H and O–H groups in total. The fourth-order valence-corrected chi connectivity index (χ4v) is 4.26. The topological polar surface area (TPSA) is 91.8 Å². The second kappa shape index (κ2) is 7.81. The highest BCUT2D eigenvalue weighted by molar-refractivity contribution is 5.77. The van der Waals surface area contributed by atoms with Crippen molar-refractivity contribution < 1.29 is 14.4 Å². The average molecular weight is 430 g/mol. The van der Waals surface area contributed by atoms with E-state index in [0.717, 1.165) is 22.4 Å². The van der Waals surface area contributed by atoms with Crippen LogP contribution in [0, 0.1) is 10.1 Å². The third-order valence-corrected chi connectivity index (χ3v) is 5.94. The largest absolute Gasteiger partial charge is 0.323 e. The molecule has 1 saturated heterocycles. The van der Waals surface area contributed by atoms with Gasteiger partial charge in [-0.1, -0.05) is 30.3 Å². The first-order valence-electron chi connectivity index (χ1n) is 10.4. The van der Waals surface area contributed by atoms with E-state index in [1.807, 2.05) is 35.7 Å². The van der Waals surface area contributed by atoms with Gasteiger partial charge in [0.05, 0.1) is 22.2 Å². The smallest absolute Gasteiger partial charge is 0.269 e. The number of nitro groups is 1. The van der Waals surface area contributed by atoms with Crippen LogP contribution >= 0.6 is 0 Å². The molecule has 0 aliphatic carbocycles. The van der Waals surface area contributed by atoms with Gasteiger partial charge < -0.3 is 9.47 Å². The van der Waals surface area contributed by atoms with Gasteiger partial charge >= 0.3 is 0 Å². The number of nitro benzene ring substituents is 1. The van der Waals surface area contributed by atoms with Gasteiger partial charge in [0.15, 0.2) is 18.2 Å². The number of aromatic nitrogens is 3. The quantitative estimate of drug-likeness (QED) is 0.330. The Morgan fingerprint density at radius 1 is 1.09 bits per heavy atom. The van der Waals surface area contributed by atoms with Gasteiger partial charge in [0.2, 0.25) is 0 Å². The lowest BCUT2D eigenvalue weighted by atomic mass is 9.78. The van der Waals surface area contributed by atoms with E-state index in [2.05, 4.69) is 29.1 Å². The molecule has 3 heterocycles. The van der Waals surface area contributed by atoms with E-state index in [0.29, 0.717) is 12.1 Å². The Balaban J connectivity index is 1.59. The minimum absolute atomic E-state index is 0.0442. The summed E-state index contributed by atoms with van der Waals surface area (Å²) in [6.07, 6.45) is 3.51. The maximum absolute atomic E-state index is 11.0. The van der Waals surface area contributed by atoms with Crippen molar-refractivity contribution in [1.82, 2.24) is 14.6 Å². The lowest BCUT2D eigenvalue weighted by Crippen LogP contribution is -2.53. The first kappa shape index (κ1) is 20.3. The zero-order chi connectivity index (χ0) is 22.3. The summed E-state index contributed by atoms with van der Waals surface area (Å²) < 4.78 is 13.7. The molecule has 162 valence electrons. The molecule has 8 nitrogen and oxygen atoms in total.